The van der Waals surface area contributed by atoms with Crippen LogP contribution in [-0.4, -0.2) is 38.3 Å². The Hall–Kier alpha value is -2.58. The van der Waals surface area contributed by atoms with Crippen molar-refractivity contribution in [1.29, 1.82) is 0 Å². The molecule has 1 amide bonds. The minimum atomic E-state index is -0.254. The Morgan fingerprint density at radius 1 is 1.20 bits per heavy atom. The van der Waals surface area contributed by atoms with Crippen molar-refractivity contribution in [3.05, 3.63) is 54.1 Å². The third kappa shape index (κ3) is 3.45. The lowest BCUT2D eigenvalue weighted by Crippen LogP contribution is -2.17. The fourth-order valence-corrected chi connectivity index (χ4v) is 3.46. The Morgan fingerprint density at radius 3 is 2.80 bits per heavy atom. The number of carbonyl (C=O) groups is 1. The summed E-state index contributed by atoms with van der Waals surface area (Å²) >= 11 is 1.21. The average molecular weight is 355 g/mol. The van der Waals surface area contributed by atoms with E-state index in [0.717, 1.165) is 37.6 Å². The summed E-state index contributed by atoms with van der Waals surface area (Å²) in [5.74, 6) is 0.849. The van der Waals surface area contributed by atoms with Crippen molar-refractivity contribution in [3.63, 3.8) is 0 Å². The number of amides is 1. The SMILES string of the molecule is O=C(Nc1nc(C2CCOCC2)ns1)c1ccnn1-c1ccccc1. The highest BCUT2D eigenvalue weighted by Gasteiger charge is 2.21. The van der Waals surface area contributed by atoms with Gasteiger partial charge in [-0.1, -0.05) is 18.2 Å². The average Bonchev–Trinajstić information content (AvgIpc) is 3.33. The molecule has 25 heavy (non-hydrogen) atoms. The van der Waals surface area contributed by atoms with Gasteiger partial charge in [0, 0.05) is 30.7 Å². The number of hydrogen-bond donors (Lipinski definition) is 1. The summed E-state index contributed by atoms with van der Waals surface area (Å²) in [5, 5.41) is 7.57. The monoisotopic (exact) mass is 355 g/mol. The molecule has 0 saturated carbocycles. The Balaban J connectivity index is 1.50. The van der Waals surface area contributed by atoms with Crippen molar-refractivity contribution < 1.29 is 9.53 Å². The number of hydrogen-bond acceptors (Lipinski definition) is 6. The number of anilines is 1. The molecule has 1 N–H and O–H groups in total. The summed E-state index contributed by atoms with van der Waals surface area (Å²) in [4.78, 5) is 17.1. The molecule has 3 heterocycles. The van der Waals surface area contributed by atoms with E-state index in [2.05, 4.69) is 19.8 Å². The van der Waals surface area contributed by atoms with Gasteiger partial charge in [0.2, 0.25) is 5.13 Å². The van der Waals surface area contributed by atoms with E-state index in [1.807, 2.05) is 30.3 Å². The third-order valence-electron chi connectivity index (χ3n) is 4.12. The first-order valence-corrected chi connectivity index (χ1v) is 8.91. The molecule has 1 aliphatic heterocycles. The van der Waals surface area contributed by atoms with Gasteiger partial charge in [0.05, 0.1) is 11.9 Å². The van der Waals surface area contributed by atoms with Crippen LogP contribution < -0.4 is 5.32 Å². The molecule has 1 saturated heterocycles. The van der Waals surface area contributed by atoms with E-state index in [4.69, 9.17) is 4.74 Å². The largest absolute Gasteiger partial charge is 0.381 e. The summed E-state index contributed by atoms with van der Waals surface area (Å²) in [7, 11) is 0. The highest BCUT2D eigenvalue weighted by Crippen LogP contribution is 2.27. The predicted molar refractivity (Wildman–Crippen MR) is 94.2 cm³/mol. The Bertz CT molecular complexity index is 855. The molecule has 0 radical (unpaired) electrons. The standard InChI is InChI=1S/C17H17N5O2S/c23-16(14-6-9-18-22(14)13-4-2-1-3-5-13)20-17-19-15(21-25-17)12-7-10-24-11-8-12/h1-6,9,12H,7-8,10-11H2,(H,19,20,21,23). The first-order chi connectivity index (χ1) is 12.3. The summed E-state index contributed by atoms with van der Waals surface area (Å²) in [5.41, 5.74) is 1.28. The van der Waals surface area contributed by atoms with E-state index in [-0.39, 0.29) is 5.91 Å². The number of nitrogens with one attached hydrogen (secondary N) is 1. The van der Waals surface area contributed by atoms with Gasteiger partial charge in [-0.05, 0) is 31.0 Å². The molecule has 0 unspecified atom stereocenters. The van der Waals surface area contributed by atoms with Crippen LogP contribution in [0.2, 0.25) is 0 Å². The number of aromatic nitrogens is 4. The van der Waals surface area contributed by atoms with Crippen LogP contribution >= 0.6 is 11.5 Å². The molecule has 8 heteroatoms. The molecule has 128 valence electrons. The van der Waals surface area contributed by atoms with Gasteiger partial charge in [-0.15, -0.1) is 0 Å². The minimum absolute atomic E-state index is 0.254. The first-order valence-electron chi connectivity index (χ1n) is 8.13. The van der Waals surface area contributed by atoms with Gasteiger partial charge in [0.15, 0.2) is 0 Å². The lowest BCUT2D eigenvalue weighted by Gasteiger charge is -2.18. The molecule has 3 aromatic rings. The molecule has 7 nitrogen and oxygen atoms in total. The maximum atomic E-state index is 12.6. The van der Waals surface area contributed by atoms with Crippen molar-refractivity contribution in [2.45, 2.75) is 18.8 Å². The molecule has 1 aliphatic rings. The second kappa shape index (κ2) is 7.12. The van der Waals surface area contributed by atoms with E-state index in [1.165, 1.54) is 11.5 Å². The first kappa shape index (κ1) is 15.9. The van der Waals surface area contributed by atoms with Gasteiger partial charge >= 0.3 is 0 Å². The summed E-state index contributed by atoms with van der Waals surface area (Å²) < 4.78 is 11.4. The topological polar surface area (TPSA) is 81.9 Å². The van der Waals surface area contributed by atoms with Gasteiger partial charge < -0.3 is 4.74 Å². The van der Waals surface area contributed by atoms with E-state index >= 15 is 0 Å². The zero-order valence-corrected chi connectivity index (χ0v) is 14.3. The summed E-state index contributed by atoms with van der Waals surface area (Å²) in [6.45, 7) is 1.48. The van der Waals surface area contributed by atoms with E-state index in [9.17, 15) is 4.79 Å². The zero-order chi connectivity index (χ0) is 17.1. The van der Waals surface area contributed by atoms with Gasteiger partial charge in [-0.3, -0.25) is 10.1 Å². The van der Waals surface area contributed by atoms with Gasteiger partial charge in [0.1, 0.15) is 11.5 Å². The van der Waals surface area contributed by atoms with Crippen LogP contribution in [0.15, 0.2) is 42.6 Å². The smallest absolute Gasteiger partial charge is 0.276 e. The van der Waals surface area contributed by atoms with Crippen LogP contribution in [0.25, 0.3) is 5.69 Å². The molecule has 1 fully saturated rings. The van der Waals surface area contributed by atoms with Crippen molar-refractivity contribution in [3.8, 4) is 5.69 Å². The summed E-state index contributed by atoms with van der Waals surface area (Å²) in [6, 6.07) is 11.2. The molecule has 0 bridgehead atoms. The van der Waals surface area contributed by atoms with Crippen molar-refractivity contribution >= 4 is 22.6 Å². The van der Waals surface area contributed by atoms with Crippen LogP contribution in [0.1, 0.15) is 35.1 Å². The Kier molecular flexibility index (Phi) is 4.53. The quantitative estimate of drug-likeness (QED) is 0.778. The predicted octanol–water partition coefficient (Wildman–Crippen LogP) is 2.87. The Morgan fingerprint density at radius 2 is 2.00 bits per heavy atom. The van der Waals surface area contributed by atoms with Gasteiger partial charge in [0.25, 0.3) is 5.91 Å². The normalized spacial score (nSPS) is 15.2. The molecule has 0 spiro atoms. The van der Waals surface area contributed by atoms with Crippen molar-refractivity contribution in [2.24, 2.45) is 0 Å². The summed E-state index contributed by atoms with van der Waals surface area (Å²) in [6.07, 6.45) is 3.45. The highest BCUT2D eigenvalue weighted by atomic mass is 32.1. The van der Waals surface area contributed by atoms with Crippen molar-refractivity contribution in [2.75, 3.05) is 18.5 Å². The fraction of sp³-hybridized carbons (Fsp3) is 0.294. The molecular formula is C17H17N5O2S. The number of ether oxygens (including phenoxy) is 1. The molecule has 4 rings (SSSR count). The lowest BCUT2D eigenvalue weighted by atomic mass is 10.00. The number of nitrogens with zero attached hydrogens (tertiary/aromatic N) is 4. The molecular weight excluding hydrogens is 338 g/mol. The van der Waals surface area contributed by atoms with Crippen molar-refractivity contribution in [1.82, 2.24) is 19.1 Å². The molecule has 1 aromatic carbocycles. The Labute approximate surface area is 148 Å². The fourth-order valence-electron chi connectivity index (χ4n) is 2.82. The van der Waals surface area contributed by atoms with Crippen LogP contribution in [0, 0.1) is 0 Å². The van der Waals surface area contributed by atoms with Gasteiger partial charge in [-0.25, -0.2) is 9.67 Å². The zero-order valence-electron chi connectivity index (χ0n) is 13.5. The number of para-hydroxylation sites is 1. The van der Waals surface area contributed by atoms with Crippen LogP contribution in [0.5, 0.6) is 0 Å². The number of carbonyl (C=O) groups excluding carboxylic acids is 1. The van der Waals surface area contributed by atoms with Crippen LogP contribution in [-0.2, 0) is 4.74 Å². The molecule has 0 aliphatic carbocycles. The molecule has 0 atom stereocenters. The van der Waals surface area contributed by atoms with Gasteiger partial charge in [-0.2, -0.15) is 9.47 Å². The second-order valence-electron chi connectivity index (χ2n) is 5.76. The lowest BCUT2D eigenvalue weighted by molar-refractivity contribution is 0.0838. The number of benzene rings is 1. The minimum Gasteiger partial charge on any atom is -0.381 e. The maximum Gasteiger partial charge on any atom is 0.276 e. The van der Waals surface area contributed by atoms with E-state index < -0.39 is 0 Å². The van der Waals surface area contributed by atoms with Crippen LogP contribution in [0.4, 0.5) is 5.13 Å². The van der Waals surface area contributed by atoms with E-state index in [0.29, 0.717) is 16.7 Å². The highest BCUT2D eigenvalue weighted by molar-refractivity contribution is 7.09. The van der Waals surface area contributed by atoms with E-state index in [1.54, 1.807) is 16.9 Å². The second-order valence-corrected chi connectivity index (χ2v) is 6.51. The maximum absolute atomic E-state index is 12.6. The molecule has 2 aromatic heterocycles. The third-order valence-corrected chi connectivity index (χ3v) is 4.77. The number of rotatable bonds is 4. The van der Waals surface area contributed by atoms with Crippen LogP contribution in [0.3, 0.4) is 0 Å².